The lowest BCUT2D eigenvalue weighted by Crippen LogP contribution is -2.34. The summed E-state index contributed by atoms with van der Waals surface area (Å²) < 4.78 is 4.83. The number of hydrogen-bond donors (Lipinski definition) is 0. The van der Waals surface area contributed by atoms with Crippen LogP contribution in [0.4, 0.5) is 0 Å². The molecule has 0 aromatic rings. The molecule has 0 aromatic carbocycles. The van der Waals surface area contributed by atoms with Crippen LogP contribution in [0.3, 0.4) is 0 Å². The van der Waals surface area contributed by atoms with E-state index >= 15 is 0 Å². The largest absolute Gasteiger partial charge is 0.466 e. The van der Waals surface area contributed by atoms with Gasteiger partial charge in [-0.25, -0.2) is 4.79 Å². The summed E-state index contributed by atoms with van der Waals surface area (Å²) in [6, 6.07) is 0. The molecule has 0 saturated heterocycles. The zero-order valence-electron chi connectivity index (χ0n) is 8.53. The molecule has 2 saturated carbocycles. The molecule has 0 spiro atoms. The number of ether oxygens (including phenoxy) is 1. The van der Waals surface area contributed by atoms with E-state index in [0.717, 1.165) is 17.4 Å². The summed E-state index contributed by atoms with van der Waals surface area (Å²) in [5.41, 5.74) is 0.979. The Morgan fingerprint density at radius 1 is 1.36 bits per heavy atom. The Morgan fingerprint density at radius 3 is 2.50 bits per heavy atom. The SMILES string of the molecule is COC(=O)C1=CC2[C@@H]3CC[C@H]2CC1C3. The molecule has 0 radical (unpaired) electrons. The minimum Gasteiger partial charge on any atom is -0.466 e. The van der Waals surface area contributed by atoms with Gasteiger partial charge in [-0.3, -0.25) is 0 Å². The van der Waals surface area contributed by atoms with Crippen molar-refractivity contribution in [1.29, 1.82) is 0 Å². The maximum atomic E-state index is 11.5. The van der Waals surface area contributed by atoms with Crippen LogP contribution in [0.2, 0.25) is 0 Å². The second-order valence-electron chi connectivity index (χ2n) is 4.96. The number of esters is 1. The first-order chi connectivity index (χ1) is 6.79. The lowest BCUT2D eigenvalue weighted by Gasteiger charge is -2.40. The van der Waals surface area contributed by atoms with Gasteiger partial charge in [-0.2, -0.15) is 0 Å². The van der Waals surface area contributed by atoms with E-state index in [2.05, 4.69) is 6.08 Å². The molecule has 0 aromatic heterocycles. The summed E-state index contributed by atoms with van der Waals surface area (Å²) in [4.78, 5) is 11.5. The molecule has 0 heterocycles. The van der Waals surface area contributed by atoms with Crippen molar-refractivity contribution in [3.8, 4) is 0 Å². The third kappa shape index (κ3) is 0.999. The fourth-order valence-electron chi connectivity index (χ4n) is 3.80. The van der Waals surface area contributed by atoms with E-state index in [1.807, 2.05) is 0 Å². The molecular formula is C12H16O2. The highest BCUT2D eigenvalue weighted by Gasteiger charge is 2.47. The van der Waals surface area contributed by atoms with Crippen molar-refractivity contribution in [2.45, 2.75) is 25.7 Å². The van der Waals surface area contributed by atoms with Crippen LogP contribution in [0, 0.1) is 23.7 Å². The molecule has 0 aliphatic heterocycles. The summed E-state index contributed by atoms with van der Waals surface area (Å²) >= 11 is 0. The first-order valence-electron chi connectivity index (χ1n) is 5.59. The first kappa shape index (κ1) is 8.51. The van der Waals surface area contributed by atoms with Gasteiger partial charge >= 0.3 is 5.97 Å². The Balaban J connectivity index is 1.93. The van der Waals surface area contributed by atoms with Crippen molar-refractivity contribution in [3.05, 3.63) is 11.6 Å². The number of allylic oxidation sites excluding steroid dienone is 1. The van der Waals surface area contributed by atoms with Gasteiger partial charge in [-0.15, -0.1) is 0 Å². The fraction of sp³-hybridized carbons (Fsp3) is 0.750. The molecule has 2 unspecified atom stereocenters. The van der Waals surface area contributed by atoms with Crippen LogP contribution in [0.25, 0.3) is 0 Å². The summed E-state index contributed by atoms with van der Waals surface area (Å²) in [5, 5.41) is 0. The van der Waals surface area contributed by atoms with Gasteiger partial charge in [0.25, 0.3) is 0 Å². The van der Waals surface area contributed by atoms with Crippen molar-refractivity contribution >= 4 is 5.97 Å². The van der Waals surface area contributed by atoms with Crippen molar-refractivity contribution < 1.29 is 9.53 Å². The molecule has 4 atom stereocenters. The minimum atomic E-state index is -0.0844. The van der Waals surface area contributed by atoms with Gasteiger partial charge in [0.15, 0.2) is 0 Å². The second kappa shape index (κ2) is 2.85. The highest BCUT2D eigenvalue weighted by atomic mass is 16.5. The molecule has 4 aliphatic rings. The van der Waals surface area contributed by atoms with Crippen molar-refractivity contribution in [1.82, 2.24) is 0 Å². The Bertz CT molecular complexity index is 291. The average molecular weight is 192 g/mol. The van der Waals surface area contributed by atoms with Gasteiger partial charge < -0.3 is 4.74 Å². The standard InChI is InChI=1S/C12H16O2/c1-14-12(13)11-6-10-7-2-3-8(10)5-9(11)4-7/h6-10H,2-5H2,1H3/t7-,8+,9?,10?. The molecule has 2 heteroatoms. The zero-order chi connectivity index (χ0) is 9.71. The molecule has 14 heavy (non-hydrogen) atoms. The number of rotatable bonds is 1. The molecular weight excluding hydrogens is 176 g/mol. The van der Waals surface area contributed by atoms with E-state index in [-0.39, 0.29) is 5.97 Å². The normalized spacial score (nSPS) is 43.6. The molecule has 4 aliphatic carbocycles. The second-order valence-corrected chi connectivity index (χ2v) is 4.96. The Morgan fingerprint density at radius 2 is 2.00 bits per heavy atom. The van der Waals surface area contributed by atoms with E-state index in [4.69, 9.17) is 4.74 Å². The molecule has 2 nitrogen and oxygen atoms in total. The third-order valence-electron chi connectivity index (χ3n) is 4.40. The quantitative estimate of drug-likeness (QED) is 0.595. The molecule has 76 valence electrons. The summed E-state index contributed by atoms with van der Waals surface area (Å²) in [5.74, 6) is 2.90. The van der Waals surface area contributed by atoms with Gasteiger partial charge in [-0.05, 0) is 49.4 Å². The maximum absolute atomic E-state index is 11.5. The van der Waals surface area contributed by atoms with Crippen LogP contribution in [-0.2, 0) is 9.53 Å². The van der Waals surface area contributed by atoms with Crippen LogP contribution in [0.1, 0.15) is 25.7 Å². The number of methoxy groups -OCH3 is 1. The molecule has 2 fully saturated rings. The number of hydrogen-bond acceptors (Lipinski definition) is 2. The van der Waals surface area contributed by atoms with Gasteiger partial charge in [-0.1, -0.05) is 6.08 Å². The summed E-state index contributed by atoms with van der Waals surface area (Å²) in [7, 11) is 1.49. The van der Waals surface area contributed by atoms with Crippen molar-refractivity contribution in [3.63, 3.8) is 0 Å². The molecule has 4 bridgehead atoms. The van der Waals surface area contributed by atoms with Crippen LogP contribution >= 0.6 is 0 Å². The van der Waals surface area contributed by atoms with Gasteiger partial charge in [0.1, 0.15) is 0 Å². The van der Waals surface area contributed by atoms with E-state index in [0.29, 0.717) is 11.8 Å². The van der Waals surface area contributed by atoms with E-state index in [1.165, 1.54) is 32.8 Å². The lowest BCUT2D eigenvalue weighted by atomic mass is 9.65. The van der Waals surface area contributed by atoms with E-state index in [1.54, 1.807) is 0 Å². The number of carbonyl (C=O) groups is 1. The monoisotopic (exact) mass is 192 g/mol. The highest BCUT2D eigenvalue weighted by Crippen LogP contribution is 2.55. The van der Waals surface area contributed by atoms with E-state index in [9.17, 15) is 4.79 Å². The Hall–Kier alpha value is -0.790. The van der Waals surface area contributed by atoms with Crippen LogP contribution < -0.4 is 0 Å². The summed E-state index contributed by atoms with van der Waals surface area (Å²) in [6.07, 6.45) is 7.48. The Labute approximate surface area is 84.3 Å². The van der Waals surface area contributed by atoms with Gasteiger partial charge in [0.2, 0.25) is 0 Å². The first-order valence-corrected chi connectivity index (χ1v) is 5.59. The van der Waals surface area contributed by atoms with Crippen LogP contribution in [-0.4, -0.2) is 13.1 Å². The van der Waals surface area contributed by atoms with Gasteiger partial charge in [0, 0.05) is 5.57 Å². The average Bonchev–Trinajstić information content (AvgIpc) is 2.51. The van der Waals surface area contributed by atoms with Gasteiger partial charge in [0.05, 0.1) is 7.11 Å². The maximum Gasteiger partial charge on any atom is 0.333 e. The van der Waals surface area contributed by atoms with E-state index < -0.39 is 0 Å². The van der Waals surface area contributed by atoms with Crippen molar-refractivity contribution in [2.24, 2.45) is 23.7 Å². The van der Waals surface area contributed by atoms with Crippen molar-refractivity contribution in [2.75, 3.05) is 7.11 Å². The van der Waals surface area contributed by atoms with Crippen LogP contribution in [0.5, 0.6) is 0 Å². The predicted octanol–water partition coefficient (Wildman–Crippen LogP) is 2.15. The molecule has 4 rings (SSSR count). The third-order valence-corrected chi connectivity index (χ3v) is 4.40. The predicted molar refractivity (Wildman–Crippen MR) is 52.5 cm³/mol. The fourth-order valence-corrected chi connectivity index (χ4v) is 3.80. The van der Waals surface area contributed by atoms with Crippen LogP contribution in [0.15, 0.2) is 11.6 Å². The number of carbonyl (C=O) groups excluding carboxylic acids is 1. The lowest BCUT2D eigenvalue weighted by molar-refractivity contribution is -0.137. The minimum absolute atomic E-state index is 0.0844. The Kier molecular flexibility index (Phi) is 1.73. The summed E-state index contributed by atoms with van der Waals surface area (Å²) in [6.45, 7) is 0. The topological polar surface area (TPSA) is 26.3 Å². The molecule has 0 amide bonds. The highest BCUT2D eigenvalue weighted by molar-refractivity contribution is 5.89. The smallest absolute Gasteiger partial charge is 0.333 e. The molecule has 0 N–H and O–H groups in total. The zero-order valence-corrected chi connectivity index (χ0v) is 8.53.